The normalized spacial score (nSPS) is 20.7. The lowest BCUT2D eigenvalue weighted by atomic mass is 9.89. The van der Waals surface area contributed by atoms with E-state index in [-0.39, 0.29) is 6.10 Å². The van der Waals surface area contributed by atoms with Gasteiger partial charge >= 0.3 is 6.18 Å². The molecule has 5 heteroatoms. The van der Waals surface area contributed by atoms with Gasteiger partial charge in [0.05, 0.1) is 12.7 Å². The maximum Gasteiger partial charge on any atom is 0.412 e. The van der Waals surface area contributed by atoms with Crippen LogP contribution in [0.4, 0.5) is 13.2 Å². The number of rotatable bonds is 6. The number of hydrogen-bond acceptors (Lipinski definition) is 2. The fourth-order valence-corrected chi connectivity index (χ4v) is 2.35. The first-order chi connectivity index (χ1) is 10.7. The van der Waals surface area contributed by atoms with E-state index in [1.807, 2.05) is 7.05 Å². The maximum absolute atomic E-state index is 12.5. The van der Waals surface area contributed by atoms with E-state index in [1.54, 1.807) is 13.0 Å². The minimum Gasteiger partial charge on any atom is -0.372 e. The first-order valence-electron chi connectivity index (χ1n) is 7.46. The summed E-state index contributed by atoms with van der Waals surface area (Å²) in [5.41, 5.74) is 2.74. The van der Waals surface area contributed by atoms with E-state index in [4.69, 9.17) is 4.74 Å². The zero-order valence-electron chi connectivity index (χ0n) is 13.9. The Labute approximate surface area is 136 Å². The molecule has 1 rings (SSSR count). The lowest BCUT2D eigenvalue weighted by molar-refractivity contribution is -0.0912. The monoisotopic (exact) mass is 327 g/mol. The van der Waals surface area contributed by atoms with Crippen LogP contribution in [-0.2, 0) is 4.74 Å². The molecule has 2 nitrogen and oxygen atoms in total. The summed E-state index contributed by atoms with van der Waals surface area (Å²) in [5.74, 6) is 0. The Hall–Kier alpha value is -1.59. The van der Waals surface area contributed by atoms with Gasteiger partial charge in [0.15, 0.2) is 0 Å². The largest absolute Gasteiger partial charge is 0.412 e. The second-order valence-electron chi connectivity index (χ2n) is 5.48. The van der Waals surface area contributed by atoms with Crippen LogP contribution in [-0.4, -0.2) is 32.5 Å². The van der Waals surface area contributed by atoms with Crippen molar-refractivity contribution in [1.29, 1.82) is 0 Å². The van der Waals surface area contributed by atoms with Crippen molar-refractivity contribution in [2.24, 2.45) is 0 Å². The summed E-state index contributed by atoms with van der Waals surface area (Å²) in [4.78, 5) is 0. The fraction of sp³-hybridized carbons (Fsp3) is 0.444. The zero-order chi connectivity index (χ0) is 17.6. The van der Waals surface area contributed by atoms with Gasteiger partial charge < -0.3 is 10.1 Å². The fourth-order valence-electron chi connectivity index (χ4n) is 2.35. The highest BCUT2D eigenvalue weighted by Gasteiger charge is 2.29. The molecule has 0 fully saturated rings. The minimum absolute atomic E-state index is 0.113. The molecule has 0 spiro atoms. The van der Waals surface area contributed by atoms with E-state index in [9.17, 15) is 13.2 Å². The van der Waals surface area contributed by atoms with Crippen LogP contribution in [0.3, 0.4) is 0 Å². The van der Waals surface area contributed by atoms with E-state index in [0.717, 1.165) is 29.7 Å². The highest BCUT2D eigenvalue weighted by atomic mass is 19.4. The van der Waals surface area contributed by atoms with Crippen LogP contribution in [0.1, 0.15) is 20.3 Å². The van der Waals surface area contributed by atoms with E-state index >= 15 is 0 Å². The summed E-state index contributed by atoms with van der Waals surface area (Å²) in [7, 11) is 1.84. The molecule has 0 aromatic heterocycles. The Morgan fingerprint density at radius 2 is 2.00 bits per heavy atom. The average Bonchev–Trinajstić information content (AvgIpc) is 2.50. The summed E-state index contributed by atoms with van der Waals surface area (Å²) in [6.07, 6.45) is 0.540. The summed E-state index contributed by atoms with van der Waals surface area (Å²) >= 11 is 0. The molecule has 0 aromatic carbocycles. The van der Waals surface area contributed by atoms with Crippen molar-refractivity contribution in [3.63, 3.8) is 0 Å². The van der Waals surface area contributed by atoms with E-state index < -0.39 is 11.7 Å². The Balaban J connectivity index is 3.08. The second kappa shape index (κ2) is 8.31. The molecule has 0 saturated carbocycles. The van der Waals surface area contributed by atoms with Gasteiger partial charge in [0.2, 0.25) is 0 Å². The third-order valence-corrected chi connectivity index (χ3v) is 3.85. The number of halogens is 3. The van der Waals surface area contributed by atoms with Gasteiger partial charge in [0.25, 0.3) is 0 Å². The third kappa shape index (κ3) is 5.22. The topological polar surface area (TPSA) is 21.3 Å². The van der Waals surface area contributed by atoms with E-state index in [2.05, 4.69) is 18.5 Å². The summed E-state index contributed by atoms with van der Waals surface area (Å²) in [6.45, 7) is 11.9. The predicted molar refractivity (Wildman–Crippen MR) is 88.2 cm³/mol. The van der Waals surface area contributed by atoms with Crippen molar-refractivity contribution in [3.8, 4) is 0 Å². The number of allylic oxidation sites excluding steroid dienone is 5. The number of nitrogens with one attached hydrogen (secondary N) is 1. The minimum atomic E-state index is -4.31. The van der Waals surface area contributed by atoms with Gasteiger partial charge in [-0.15, -0.1) is 0 Å². The van der Waals surface area contributed by atoms with E-state index in [1.165, 1.54) is 6.08 Å². The quantitative estimate of drug-likeness (QED) is 0.726. The van der Waals surface area contributed by atoms with E-state index in [0.29, 0.717) is 25.1 Å². The van der Waals surface area contributed by atoms with Crippen LogP contribution in [0.15, 0.2) is 59.3 Å². The van der Waals surface area contributed by atoms with Gasteiger partial charge in [0.1, 0.15) is 0 Å². The molecule has 1 aliphatic heterocycles. The van der Waals surface area contributed by atoms with Crippen molar-refractivity contribution in [2.75, 3.05) is 20.2 Å². The molecule has 0 saturated heterocycles. The number of alkyl halides is 3. The van der Waals surface area contributed by atoms with Crippen molar-refractivity contribution < 1.29 is 17.9 Å². The SMILES string of the molecule is C=CC1=C(C(=C)/C(C)=C/C=C(\C)C(F)(F)F)CCOC1CNC. The first kappa shape index (κ1) is 19.5. The molecule has 1 heterocycles. The predicted octanol–water partition coefficient (Wildman–Crippen LogP) is 4.49. The highest BCUT2D eigenvalue weighted by Crippen LogP contribution is 2.31. The lowest BCUT2D eigenvalue weighted by Crippen LogP contribution is -2.32. The standard InChI is InChI=1S/C18H24F3NO/c1-6-15-16(9-10-23-17(15)11-22-5)14(4)12(2)7-8-13(3)18(19,20)21/h6-8,17,22H,1,4,9-11H2,2-3,5H3/b12-7+,13-8+. The van der Waals surface area contributed by atoms with Crippen LogP contribution in [0.5, 0.6) is 0 Å². The van der Waals surface area contributed by atoms with Crippen LogP contribution in [0.2, 0.25) is 0 Å². The Kier molecular flexibility index (Phi) is 7.03. The molecule has 0 bridgehead atoms. The van der Waals surface area contributed by atoms with Gasteiger partial charge in [-0.2, -0.15) is 13.2 Å². The van der Waals surface area contributed by atoms with Gasteiger partial charge in [-0.1, -0.05) is 31.4 Å². The molecular weight excluding hydrogens is 303 g/mol. The lowest BCUT2D eigenvalue weighted by Gasteiger charge is -2.28. The summed E-state index contributed by atoms with van der Waals surface area (Å²) < 4.78 is 43.3. The Morgan fingerprint density at radius 3 is 2.52 bits per heavy atom. The summed E-state index contributed by atoms with van der Waals surface area (Å²) in [6, 6.07) is 0. The molecule has 128 valence electrons. The average molecular weight is 327 g/mol. The van der Waals surface area contributed by atoms with Crippen LogP contribution in [0.25, 0.3) is 0 Å². The van der Waals surface area contributed by atoms with Crippen molar-refractivity contribution >= 4 is 0 Å². The number of ether oxygens (including phenoxy) is 1. The Bertz CT molecular complexity index is 553. The van der Waals surface area contributed by atoms with Crippen LogP contribution in [0, 0.1) is 0 Å². The van der Waals surface area contributed by atoms with Crippen molar-refractivity contribution in [1.82, 2.24) is 5.32 Å². The molecule has 1 atom stereocenters. The highest BCUT2D eigenvalue weighted by molar-refractivity contribution is 5.51. The molecule has 0 radical (unpaired) electrons. The van der Waals surface area contributed by atoms with Gasteiger partial charge in [-0.25, -0.2) is 0 Å². The second-order valence-corrected chi connectivity index (χ2v) is 5.48. The van der Waals surface area contributed by atoms with Gasteiger partial charge in [-0.05, 0) is 49.6 Å². The Morgan fingerprint density at radius 1 is 1.35 bits per heavy atom. The maximum atomic E-state index is 12.5. The third-order valence-electron chi connectivity index (χ3n) is 3.85. The molecule has 1 aliphatic rings. The molecular formula is C18H24F3NO. The molecule has 0 aromatic rings. The van der Waals surface area contributed by atoms with Gasteiger partial charge in [-0.3, -0.25) is 0 Å². The van der Waals surface area contributed by atoms with Crippen molar-refractivity contribution in [2.45, 2.75) is 32.5 Å². The molecule has 23 heavy (non-hydrogen) atoms. The molecule has 0 aliphatic carbocycles. The zero-order valence-corrected chi connectivity index (χ0v) is 13.9. The van der Waals surface area contributed by atoms with Gasteiger partial charge in [0, 0.05) is 12.1 Å². The number of likely N-dealkylation sites (N-methyl/N-ethyl adjacent to an activating group) is 1. The first-order valence-corrected chi connectivity index (χ1v) is 7.46. The van der Waals surface area contributed by atoms with Crippen molar-refractivity contribution in [3.05, 3.63) is 59.3 Å². The molecule has 0 amide bonds. The number of hydrogen-bond donors (Lipinski definition) is 1. The smallest absolute Gasteiger partial charge is 0.372 e. The molecule has 1 unspecified atom stereocenters. The summed E-state index contributed by atoms with van der Waals surface area (Å²) in [5, 5.41) is 3.06. The van der Waals surface area contributed by atoms with Crippen LogP contribution < -0.4 is 5.32 Å². The van der Waals surface area contributed by atoms with Crippen LogP contribution >= 0.6 is 0 Å². The molecule has 1 N–H and O–H groups in total.